The molecule has 11 aromatic rings. The van der Waals surface area contributed by atoms with Crippen LogP contribution in [0.3, 0.4) is 0 Å². The van der Waals surface area contributed by atoms with Crippen LogP contribution in [-0.2, 0) is 11.8 Å². The van der Waals surface area contributed by atoms with E-state index in [1.165, 1.54) is 115 Å². The van der Waals surface area contributed by atoms with E-state index in [1.54, 1.807) is 0 Å². The fourth-order valence-electron chi connectivity index (χ4n) is 11.3. The molecular formula is C62H50BN3S. The molecular weight excluding hydrogens is 830 g/mol. The number of nitrogens with zero attached hydrogens (tertiary/aromatic N) is 3. The van der Waals surface area contributed by atoms with Crippen molar-refractivity contribution >= 4 is 95.5 Å². The van der Waals surface area contributed by atoms with Crippen LogP contribution >= 0.6 is 11.8 Å². The minimum Gasteiger partial charge on any atom is -0.310 e. The van der Waals surface area contributed by atoms with Gasteiger partial charge in [0.2, 0.25) is 6.71 Å². The summed E-state index contributed by atoms with van der Waals surface area (Å²) in [6.07, 6.45) is 3.25. The van der Waals surface area contributed by atoms with Crippen molar-refractivity contribution in [2.75, 3.05) is 4.90 Å². The van der Waals surface area contributed by atoms with E-state index >= 15 is 0 Å². The van der Waals surface area contributed by atoms with Crippen molar-refractivity contribution in [1.29, 1.82) is 0 Å². The van der Waals surface area contributed by atoms with Gasteiger partial charge in [0, 0.05) is 59.6 Å². The SMILES string of the molecule is CCCCc1cccc(-c2ccccc2)c1N1c2cc(-n3c4ccccc4c4ccccc43)ccc2B2c3ccc(-n4c5ccccc5c5ccccc54)cc3Sc3cc(C(C)(C)C)cc1c32. The number of hydrogen-bond acceptors (Lipinski definition) is 2. The predicted octanol–water partition coefficient (Wildman–Crippen LogP) is 15.0. The first-order valence-electron chi connectivity index (χ1n) is 23.9. The van der Waals surface area contributed by atoms with Crippen LogP contribution in [0.1, 0.15) is 51.7 Å². The maximum atomic E-state index is 2.70. The number of hydrogen-bond donors (Lipinski definition) is 0. The van der Waals surface area contributed by atoms with Gasteiger partial charge in [-0.25, -0.2) is 0 Å². The molecule has 0 unspecified atom stereocenters. The first-order valence-corrected chi connectivity index (χ1v) is 24.8. The maximum Gasteiger partial charge on any atom is 0.249 e. The van der Waals surface area contributed by atoms with Gasteiger partial charge >= 0.3 is 0 Å². The normalized spacial score (nSPS) is 13.1. The van der Waals surface area contributed by atoms with Crippen LogP contribution in [-0.4, -0.2) is 15.8 Å². The molecule has 0 saturated carbocycles. The average Bonchev–Trinajstić information content (AvgIpc) is 3.88. The van der Waals surface area contributed by atoms with Gasteiger partial charge in [-0.15, -0.1) is 0 Å². The standard InChI is InChI=1S/C62H50BN3S/c1-5-6-19-41-22-18-27-45(40-20-8-7-9-21-40)61(41)66-56-38-43(64-52-28-14-10-23-46(52)47-24-11-15-29-53(47)64)32-34-50(56)63-51-35-33-44(65-54-30-16-12-25-48(54)49-26-13-17-31-55(49)65)39-58(51)67-59-37-42(62(2,3)4)36-57(66)60(59)63/h7-18,20-39H,5-6,19H2,1-4H3. The molecule has 0 saturated heterocycles. The Morgan fingerprint density at radius 3 is 1.63 bits per heavy atom. The summed E-state index contributed by atoms with van der Waals surface area (Å²) in [7, 11) is 0. The Morgan fingerprint density at radius 2 is 1.04 bits per heavy atom. The summed E-state index contributed by atoms with van der Waals surface area (Å²) in [4.78, 5) is 5.35. The van der Waals surface area contributed by atoms with E-state index in [2.05, 4.69) is 236 Å². The van der Waals surface area contributed by atoms with Gasteiger partial charge in [0.25, 0.3) is 0 Å². The van der Waals surface area contributed by atoms with Crippen LogP contribution in [0.4, 0.5) is 17.1 Å². The Morgan fingerprint density at radius 1 is 0.493 bits per heavy atom. The lowest BCUT2D eigenvalue weighted by molar-refractivity contribution is 0.589. The summed E-state index contributed by atoms with van der Waals surface area (Å²) in [6, 6.07) is 73.3. The van der Waals surface area contributed by atoms with E-state index in [1.807, 2.05) is 11.8 Å². The number of para-hydroxylation sites is 5. The fraction of sp³-hybridized carbons (Fsp3) is 0.129. The van der Waals surface area contributed by atoms with E-state index in [-0.39, 0.29) is 12.1 Å². The molecule has 2 aliphatic rings. The van der Waals surface area contributed by atoms with Gasteiger partial charge in [0.1, 0.15) is 0 Å². The van der Waals surface area contributed by atoms with Gasteiger partial charge < -0.3 is 14.0 Å². The highest BCUT2D eigenvalue weighted by atomic mass is 32.2. The fourth-order valence-corrected chi connectivity index (χ4v) is 12.6. The second kappa shape index (κ2) is 15.4. The third-order valence-electron chi connectivity index (χ3n) is 14.5. The van der Waals surface area contributed by atoms with Crippen molar-refractivity contribution in [2.24, 2.45) is 0 Å². The Labute approximate surface area is 397 Å². The zero-order chi connectivity index (χ0) is 45.0. The van der Waals surface area contributed by atoms with Crippen LogP contribution in [0.2, 0.25) is 0 Å². The highest BCUT2D eigenvalue weighted by molar-refractivity contribution is 8.00. The summed E-state index contributed by atoms with van der Waals surface area (Å²) >= 11 is 1.95. The third kappa shape index (κ3) is 6.21. The van der Waals surface area contributed by atoms with Crippen LogP contribution in [0.15, 0.2) is 204 Å². The van der Waals surface area contributed by atoms with Crippen molar-refractivity contribution in [2.45, 2.75) is 62.2 Å². The van der Waals surface area contributed by atoms with E-state index in [0.717, 1.165) is 24.9 Å². The first-order chi connectivity index (χ1) is 32.9. The molecule has 5 heteroatoms. The van der Waals surface area contributed by atoms with Crippen LogP contribution in [0, 0.1) is 0 Å². The smallest absolute Gasteiger partial charge is 0.249 e. The lowest BCUT2D eigenvalue weighted by Gasteiger charge is -2.43. The van der Waals surface area contributed by atoms with Crippen LogP contribution in [0.5, 0.6) is 0 Å². The Balaban J connectivity index is 1.12. The molecule has 2 aromatic heterocycles. The van der Waals surface area contributed by atoms with E-state index in [9.17, 15) is 0 Å². The monoisotopic (exact) mass is 879 g/mol. The molecule has 0 atom stereocenters. The number of rotatable bonds is 7. The summed E-state index contributed by atoms with van der Waals surface area (Å²) < 4.78 is 4.95. The van der Waals surface area contributed by atoms with Crippen LogP contribution in [0.25, 0.3) is 66.1 Å². The van der Waals surface area contributed by atoms with Gasteiger partial charge in [-0.2, -0.15) is 0 Å². The van der Waals surface area contributed by atoms with Gasteiger partial charge in [-0.1, -0.05) is 185 Å². The zero-order valence-corrected chi connectivity index (χ0v) is 39.2. The zero-order valence-electron chi connectivity index (χ0n) is 38.4. The molecule has 0 bridgehead atoms. The van der Waals surface area contributed by atoms with E-state index < -0.39 is 0 Å². The van der Waals surface area contributed by atoms with Crippen molar-refractivity contribution in [3.63, 3.8) is 0 Å². The number of fused-ring (bicyclic) bond motifs is 10. The number of benzene rings is 9. The topological polar surface area (TPSA) is 13.1 Å². The molecule has 9 aromatic carbocycles. The average molecular weight is 880 g/mol. The Kier molecular flexibility index (Phi) is 9.24. The third-order valence-corrected chi connectivity index (χ3v) is 15.6. The molecule has 0 aliphatic carbocycles. The summed E-state index contributed by atoms with van der Waals surface area (Å²) in [5.74, 6) is 0. The molecule has 322 valence electrons. The molecule has 67 heavy (non-hydrogen) atoms. The van der Waals surface area contributed by atoms with Gasteiger partial charge in [-0.05, 0) is 107 Å². The Hall–Kier alpha value is -7.21. The van der Waals surface area contributed by atoms with Crippen molar-refractivity contribution in [1.82, 2.24) is 9.13 Å². The molecule has 4 heterocycles. The summed E-state index contributed by atoms with van der Waals surface area (Å²) in [5.41, 5.74) is 20.3. The van der Waals surface area contributed by atoms with Crippen molar-refractivity contribution < 1.29 is 0 Å². The second-order valence-corrected chi connectivity index (χ2v) is 20.6. The molecule has 0 spiro atoms. The number of aromatic nitrogens is 2. The van der Waals surface area contributed by atoms with Gasteiger partial charge in [0.15, 0.2) is 0 Å². The molecule has 0 radical (unpaired) electrons. The molecule has 0 fully saturated rings. The molecule has 2 aliphatic heterocycles. The minimum absolute atomic E-state index is 0.0314. The quantitative estimate of drug-likeness (QED) is 0.148. The van der Waals surface area contributed by atoms with Crippen molar-refractivity contribution in [3.05, 3.63) is 205 Å². The lowest BCUT2D eigenvalue weighted by atomic mass is 9.34. The molecule has 13 rings (SSSR count). The van der Waals surface area contributed by atoms with E-state index in [4.69, 9.17) is 0 Å². The first kappa shape index (κ1) is 40.1. The van der Waals surface area contributed by atoms with Gasteiger partial charge in [0.05, 0.1) is 27.8 Å². The molecule has 3 nitrogen and oxygen atoms in total. The highest BCUT2D eigenvalue weighted by Crippen LogP contribution is 2.49. The van der Waals surface area contributed by atoms with Crippen molar-refractivity contribution in [3.8, 4) is 22.5 Å². The number of aryl methyl sites for hydroxylation is 1. The Bertz CT molecular complexity index is 3670. The number of unbranched alkanes of at least 4 members (excludes halogenated alkanes) is 1. The summed E-state index contributed by atoms with van der Waals surface area (Å²) in [6.45, 7) is 9.44. The highest BCUT2D eigenvalue weighted by Gasteiger charge is 2.43. The molecule has 0 amide bonds. The number of anilines is 3. The van der Waals surface area contributed by atoms with Gasteiger partial charge in [-0.3, -0.25) is 0 Å². The largest absolute Gasteiger partial charge is 0.310 e. The summed E-state index contributed by atoms with van der Waals surface area (Å²) in [5, 5.41) is 5.10. The van der Waals surface area contributed by atoms with Crippen LogP contribution < -0.4 is 21.3 Å². The lowest BCUT2D eigenvalue weighted by Crippen LogP contribution is -2.60. The minimum atomic E-state index is -0.0898. The maximum absolute atomic E-state index is 2.70. The van der Waals surface area contributed by atoms with E-state index in [0.29, 0.717) is 0 Å². The second-order valence-electron chi connectivity index (χ2n) is 19.5. The predicted molar refractivity (Wildman–Crippen MR) is 288 cm³/mol. The molecule has 0 N–H and O–H groups in total.